The van der Waals surface area contributed by atoms with E-state index in [4.69, 9.17) is 10.1 Å². The fraction of sp³-hybridized carbons (Fsp3) is 0.429. The predicted octanol–water partition coefficient (Wildman–Crippen LogP) is 5.82. The Kier molecular flexibility index (Phi) is 15.7. The smallest absolute Gasteiger partial charge is 0.333 e. The molecule has 2 amide bonds. The third-order valence-corrected chi connectivity index (χ3v) is 14.1. The first-order valence-electron chi connectivity index (χ1n) is 19.8. The van der Waals surface area contributed by atoms with Crippen LogP contribution in [0.3, 0.4) is 0 Å². The Morgan fingerprint density at radius 1 is 0.934 bits per heavy atom. The van der Waals surface area contributed by atoms with Crippen LogP contribution >= 0.6 is 12.0 Å². The van der Waals surface area contributed by atoms with E-state index >= 15 is 0 Å². The minimum atomic E-state index is -4.47. The van der Waals surface area contributed by atoms with Gasteiger partial charge in [0.1, 0.15) is 6.54 Å². The number of hydrogen-bond donors (Lipinski definition) is 1. The van der Waals surface area contributed by atoms with Gasteiger partial charge in [-0.1, -0.05) is 67.5 Å². The van der Waals surface area contributed by atoms with Crippen molar-refractivity contribution in [2.24, 2.45) is 0 Å². The summed E-state index contributed by atoms with van der Waals surface area (Å²) in [6.07, 6.45) is 14.1. The molecule has 330 valence electrons. The fourth-order valence-corrected chi connectivity index (χ4v) is 9.79. The van der Waals surface area contributed by atoms with Gasteiger partial charge in [0.25, 0.3) is 11.8 Å². The summed E-state index contributed by atoms with van der Waals surface area (Å²) >= 11 is 1.03. The van der Waals surface area contributed by atoms with E-state index in [1.165, 1.54) is 18.7 Å². The highest BCUT2D eigenvalue weighted by Crippen LogP contribution is 2.49. The minimum Gasteiger partial charge on any atom is -0.748 e. The molecule has 3 aliphatic heterocycles. The van der Waals surface area contributed by atoms with E-state index in [2.05, 4.69) is 46.0 Å². The molecular weight excluding hydrogens is 849 g/mol. The molecule has 0 unspecified atom stereocenters. The Hall–Kier alpha value is -4.47. The maximum Gasteiger partial charge on any atom is 0.333 e. The van der Waals surface area contributed by atoms with Crippen molar-refractivity contribution in [2.75, 3.05) is 43.1 Å². The molecule has 0 spiro atoms. The van der Waals surface area contributed by atoms with Crippen molar-refractivity contribution in [1.29, 1.82) is 0 Å². The molecule has 0 bridgehead atoms. The van der Waals surface area contributed by atoms with Crippen LogP contribution in [0.4, 0.5) is 11.4 Å². The van der Waals surface area contributed by atoms with Crippen LogP contribution in [0.1, 0.15) is 77.3 Å². The van der Waals surface area contributed by atoms with Crippen molar-refractivity contribution < 1.29 is 59.8 Å². The van der Waals surface area contributed by atoms with Crippen LogP contribution in [-0.2, 0) is 59.6 Å². The standard InChI is InChI=1S/C42H52N4O12S3/c1-41(2)32-16-11-12-17-34(32)44(26-14-28-59-58-57-50)36(41)18-9-7-6-8-10-19-37-42(3,4)33-30-31(21-22-35(33)45(37)27-15-29-60(51,52)53)61(54,55)43(5)25-13-20-40(49)56-46-38(47)23-24-39(46)48/h6-12,16-19,21-22,30H,13-15,20,23-29H2,1-5H3,(H-,50,51,52,53). The second kappa shape index (κ2) is 20.1. The largest absolute Gasteiger partial charge is 0.748 e. The van der Waals surface area contributed by atoms with Crippen LogP contribution in [0.2, 0.25) is 0 Å². The van der Waals surface area contributed by atoms with E-state index in [0.29, 0.717) is 22.1 Å². The molecule has 1 saturated heterocycles. The third-order valence-electron chi connectivity index (χ3n) is 10.8. The summed E-state index contributed by atoms with van der Waals surface area (Å²) in [4.78, 5) is 42.6. The quantitative estimate of drug-likeness (QED) is 0.0230. The normalized spacial score (nSPS) is 18.3. The average molecular weight is 901 g/mol. The van der Waals surface area contributed by atoms with Crippen molar-refractivity contribution in [3.8, 4) is 0 Å². The van der Waals surface area contributed by atoms with Gasteiger partial charge in [-0.3, -0.25) is 9.59 Å². The Morgan fingerprint density at radius 2 is 1.62 bits per heavy atom. The van der Waals surface area contributed by atoms with Gasteiger partial charge in [0.05, 0.1) is 20.4 Å². The SMILES string of the molecule is CN(CCCC(=O)ON1C(=O)CCC1=O)S(=O)(=O)c1ccc2c(c1)C(C)(C)C(=CC=CC=CC=CC1=[N+](CCCSOOO)c3ccccc3C1(C)C)N2CCCS(=O)(=O)[O-]. The highest BCUT2D eigenvalue weighted by molar-refractivity contribution is 7.94. The fourth-order valence-electron chi connectivity index (χ4n) is 7.71. The molecule has 0 aliphatic carbocycles. The molecule has 5 rings (SSSR count). The molecule has 61 heavy (non-hydrogen) atoms. The number of sulfonamides is 1. The van der Waals surface area contributed by atoms with Gasteiger partial charge in [0.2, 0.25) is 15.7 Å². The number of para-hydroxylation sites is 1. The molecule has 0 saturated carbocycles. The van der Waals surface area contributed by atoms with Gasteiger partial charge in [-0.25, -0.2) is 31.2 Å². The van der Waals surface area contributed by atoms with Crippen LogP contribution in [0.5, 0.6) is 0 Å². The first-order valence-corrected chi connectivity index (χ1v) is 23.7. The number of allylic oxidation sites excluding steroid dienone is 8. The van der Waals surface area contributed by atoms with E-state index in [1.54, 1.807) is 12.1 Å². The number of hydrogen-bond acceptors (Lipinski definition) is 14. The number of hydroxylamine groups is 2. The van der Waals surface area contributed by atoms with Gasteiger partial charge in [0.15, 0.2) is 5.71 Å². The topological polar surface area (TPSA) is 203 Å². The first-order chi connectivity index (χ1) is 28.8. The number of carbonyl (C=O) groups is 3. The lowest BCUT2D eigenvalue weighted by atomic mass is 9.81. The van der Waals surface area contributed by atoms with Gasteiger partial charge >= 0.3 is 5.97 Å². The number of nitrogens with zero attached hydrogens (tertiary/aromatic N) is 4. The number of benzene rings is 2. The van der Waals surface area contributed by atoms with E-state index < -0.39 is 49.1 Å². The molecule has 0 atom stereocenters. The highest BCUT2D eigenvalue weighted by Gasteiger charge is 2.44. The summed E-state index contributed by atoms with van der Waals surface area (Å²) in [7, 11) is -7.12. The van der Waals surface area contributed by atoms with Crippen LogP contribution in [-0.4, -0.2) is 102 Å². The highest BCUT2D eigenvalue weighted by atomic mass is 32.2. The second-order valence-corrected chi connectivity index (χ2v) is 20.1. The third kappa shape index (κ3) is 11.3. The van der Waals surface area contributed by atoms with Crippen molar-refractivity contribution in [2.45, 2.75) is 81.9 Å². The van der Waals surface area contributed by atoms with E-state index in [9.17, 15) is 35.8 Å². The number of fused-ring (bicyclic) bond motifs is 2. The summed E-state index contributed by atoms with van der Waals surface area (Å²) in [5.41, 5.74) is 4.62. The molecule has 16 nitrogen and oxygen atoms in total. The Morgan fingerprint density at radius 3 is 2.33 bits per heavy atom. The summed E-state index contributed by atoms with van der Waals surface area (Å²) in [6, 6.07) is 13.0. The first kappa shape index (κ1) is 47.6. The van der Waals surface area contributed by atoms with Gasteiger partial charge < -0.3 is 14.3 Å². The van der Waals surface area contributed by atoms with Crippen molar-refractivity contribution >= 4 is 67.1 Å². The maximum absolute atomic E-state index is 13.7. The Labute approximate surface area is 361 Å². The van der Waals surface area contributed by atoms with Crippen molar-refractivity contribution in [3.05, 3.63) is 102 Å². The van der Waals surface area contributed by atoms with Gasteiger partial charge in [-0.2, -0.15) is 4.58 Å². The van der Waals surface area contributed by atoms with E-state index in [-0.39, 0.29) is 55.5 Å². The molecule has 0 aromatic heterocycles. The molecule has 19 heteroatoms. The number of amides is 2. The van der Waals surface area contributed by atoms with E-state index in [1.807, 2.05) is 67.3 Å². The molecule has 0 radical (unpaired) electrons. The van der Waals surface area contributed by atoms with Crippen LogP contribution in [0.15, 0.2) is 95.6 Å². The predicted molar refractivity (Wildman–Crippen MR) is 229 cm³/mol. The Balaban J connectivity index is 1.31. The zero-order valence-corrected chi connectivity index (χ0v) is 37.3. The molecule has 1 fully saturated rings. The van der Waals surface area contributed by atoms with Crippen LogP contribution < -0.4 is 4.90 Å². The lowest BCUT2D eigenvalue weighted by Crippen LogP contribution is -2.32. The molecule has 2 aromatic carbocycles. The number of rotatable bonds is 21. The number of anilines is 1. The molecular formula is C42H52N4O12S3. The average Bonchev–Trinajstić information content (AvgIpc) is 3.71. The molecule has 1 N–H and O–H groups in total. The lowest BCUT2D eigenvalue weighted by Gasteiger charge is -2.27. The summed E-state index contributed by atoms with van der Waals surface area (Å²) in [5.74, 6) is -1.97. The van der Waals surface area contributed by atoms with Gasteiger partial charge in [0, 0.05) is 104 Å². The van der Waals surface area contributed by atoms with Crippen LogP contribution in [0.25, 0.3) is 0 Å². The summed E-state index contributed by atoms with van der Waals surface area (Å²) in [6.45, 7) is 9.12. The van der Waals surface area contributed by atoms with E-state index in [0.717, 1.165) is 46.4 Å². The second-order valence-electron chi connectivity index (χ2n) is 15.7. The number of carbonyl (C=O) groups excluding carboxylic acids is 3. The van der Waals surface area contributed by atoms with Gasteiger partial charge in [-0.05, 0) is 56.5 Å². The molecule has 3 aliphatic rings. The lowest BCUT2D eigenvalue weighted by molar-refractivity contribution is -0.438. The number of imide groups is 1. The monoisotopic (exact) mass is 900 g/mol. The zero-order chi connectivity index (χ0) is 44.6. The van der Waals surface area contributed by atoms with Crippen molar-refractivity contribution in [1.82, 2.24) is 9.37 Å². The Bertz CT molecular complexity index is 2350. The molecule has 2 aromatic rings. The zero-order valence-electron chi connectivity index (χ0n) is 34.8. The molecule has 3 heterocycles. The minimum absolute atomic E-state index is 0.0143. The maximum atomic E-state index is 13.7. The summed E-state index contributed by atoms with van der Waals surface area (Å²) < 4.78 is 69.9. The van der Waals surface area contributed by atoms with Crippen molar-refractivity contribution in [3.63, 3.8) is 0 Å². The van der Waals surface area contributed by atoms with Gasteiger partial charge in [-0.15, -0.1) is 9.40 Å². The van der Waals surface area contributed by atoms with Crippen LogP contribution in [0, 0.1) is 0 Å². The summed E-state index contributed by atoms with van der Waals surface area (Å²) in [5, 5.41) is 12.6.